The molecular formula is C15H19N3O2. The minimum atomic E-state index is 0.335. The molecule has 1 aliphatic heterocycles. The quantitative estimate of drug-likeness (QED) is 0.901. The first-order valence-corrected chi connectivity index (χ1v) is 7.00. The van der Waals surface area contributed by atoms with E-state index in [1.807, 2.05) is 24.4 Å². The van der Waals surface area contributed by atoms with Crippen molar-refractivity contribution in [2.75, 3.05) is 6.61 Å². The minimum absolute atomic E-state index is 0.335. The maximum absolute atomic E-state index is 5.46. The van der Waals surface area contributed by atoms with Gasteiger partial charge in [-0.15, -0.1) is 0 Å². The predicted octanol–water partition coefficient (Wildman–Crippen LogP) is 1.86. The van der Waals surface area contributed by atoms with Gasteiger partial charge in [0.1, 0.15) is 11.5 Å². The highest BCUT2D eigenvalue weighted by Gasteiger charge is 2.19. The molecule has 0 saturated carbocycles. The van der Waals surface area contributed by atoms with Crippen molar-refractivity contribution in [2.45, 2.75) is 39.0 Å². The third-order valence-corrected chi connectivity index (χ3v) is 3.53. The zero-order chi connectivity index (χ0) is 13.8. The molecule has 106 valence electrons. The van der Waals surface area contributed by atoms with Crippen LogP contribution >= 0.6 is 0 Å². The predicted molar refractivity (Wildman–Crippen MR) is 74.1 cm³/mol. The maximum atomic E-state index is 5.46. The van der Waals surface area contributed by atoms with Crippen LogP contribution in [0.1, 0.15) is 29.6 Å². The Bertz CT molecular complexity index is 554. The van der Waals surface area contributed by atoms with Gasteiger partial charge < -0.3 is 14.6 Å². The van der Waals surface area contributed by atoms with Crippen LogP contribution in [0, 0.1) is 0 Å². The van der Waals surface area contributed by atoms with Gasteiger partial charge in [-0.05, 0) is 19.1 Å². The minimum Gasteiger partial charge on any atom is -0.376 e. The van der Waals surface area contributed by atoms with Gasteiger partial charge in [0, 0.05) is 42.9 Å². The molecule has 1 aliphatic rings. The van der Waals surface area contributed by atoms with E-state index in [4.69, 9.17) is 9.26 Å². The second kappa shape index (κ2) is 6.15. The van der Waals surface area contributed by atoms with Gasteiger partial charge >= 0.3 is 0 Å². The van der Waals surface area contributed by atoms with E-state index in [2.05, 4.69) is 22.4 Å². The van der Waals surface area contributed by atoms with Crippen LogP contribution in [0.25, 0.3) is 0 Å². The number of ether oxygens (including phenoxy) is 1. The zero-order valence-electron chi connectivity index (χ0n) is 11.6. The van der Waals surface area contributed by atoms with Crippen molar-refractivity contribution >= 4 is 0 Å². The topological polar surface area (TPSA) is 60.2 Å². The fraction of sp³-hybridized carbons (Fsp3) is 0.467. The molecule has 0 saturated heterocycles. The van der Waals surface area contributed by atoms with Crippen molar-refractivity contribution in [1.29, 1.82) is 0 Å². The molecule has 0 fully saturated rings. The highest BCUT2D eigenvalue weighted by molar-refractivity contribution is 5.23. The van der Waals surface area contributed by atoms with Crippen LogP contribution in [0.5, 0.6) is 0 Å². The highest BCUT2D eigenvalue weighted by atomic mass is 16.5. The molecule has 1 atom stereocenters. The molecule has 0 spiro atoms. The Hall–Kier alpha value is -1.72. The molecule has 2 aromatic heterocycles. The van der Waals surface area contributed by atoms with Crippen molar-refractivity contribution in [3.05, 3.63) is 47.1 Å². The number of nitrogens with zero attached hydrogens (tertiary/aromatic N) is 2. The van der Waals surface area contributed by atoms with E-state index in [-0.39, 0.29) is 0 Å². The molecule has 0 amide bonds. The van der Waals surface area contributed by atoms with Gasteiger partial charge in [0.05, 0.1) is 13.2 Å². The van der Waals surface area contributed by atoms with Crippen molar-refractivity contribution in [3.8, 4) is 0 Å². The largest absolute Gasteiger partial charge is 0.376 e. The standard InChI is InChI=1S/C15H19N3O2/c1-11(8-12-4-2-3-6-16-12)17-9-14-13-10-19-7-5-15(13)20-18-14/h2-4,6,11,17H,5,7-10H2,1H3. The summed E-state index contributed by atoms with van der Waals surface area (Å²) in [6.07, 6.45) is 3.55. The van der Waals surface area contributed by atoms with Crippen molar-refractivity contribution < 1.29 is 9.26 Å². The fourth-order valence-corrected chi connectivity index (χ4v) is 2.40. The second-order valence-electron chi connectivity index (χ2n) is 5.14. The summed E-state index contributed by atoms with van der Waals surface area (Å²) < 4.78 is 10.8. The smallest absolute Gasteiger partial charge is 0.144 e. The van der Waals surface area contributed by atoms with E-state index < -0.39 is 0 Å². The molecule has 0 radical (unpaired) electrons. The summed E-state index contributed by atoms with van der Waals surface area (Å²) in [4.78, 5) is 4.34. The van der Waals surface area contributed by atoms with Gasteiger partial charge in [-0.1, -0.05) is 11.2 Å². The summed E-state index contributed by atoms with van der Waals surface area (Å²) >= 11 is 0. The van der Waals surface area contributed by atoms with Gasteiger partial charge in [-0.3, -0.25) is 4.98 Å². The molecule has 5 nitrogen and oxygen atoms in total. The first kappa shape index (κ1) is 13.3. The van der Waals surface area contributed by atoms with E-state index >= 15 is 0 Å². The molecule has 0 aromatic carbocycles. The highest BCUT2D eigenvalue weighted by Crippen LogP contribution is 2.20. The van der Waals surface area contributed by atoms with Crippen LogP contribution in [0.15, 0.2) is 28.9 Å². The molecular weight excluding hydrogens is 254 g/mol. The van der Waals surface area contributed by atoms with E-state index in [9.17, 15) is 0 Å². The van der Waals surface area contributed by atoms with E-state index in [0.29, 0.717) is 19.2 Å². The molecule has 1 unspecified atom stereocenters. The summed E-state index contributed by atoms with van der Waals surface area (Å²) in [5.74, 6) is 0.977. The molecule has 1 N–H and O–H groups in total. The Kier molecular flexibility index (Phi) is 4.08. The Morgan fingerprint density at radius 2 is 2.35 bits per heavy atom. The normalized spacial score (nSPS) is 15.8. The van der Waals surface area contributed by atoms with Crippen LogP contribution in [0.2, 0.25) is 0 Å². The lowest BCUT2D eigenvalue weighted by Crippen LogP contribution is -2.28. The number of hydrogen-bond donors (Lipinski definition) is 1. The molecule has 5 heteroatoms. The first-order chi connectivity index (χ1) is 9.83. The number of hydrogen-bond acceptors (Lipinski definition) is 5. The van der Waals surface area contributed by atoms with Gasteiger partial charge in [-0.25, -0.2) is 0 Å². The lowest BCUT2D eigenvalue weighted by molar-refractivity contribution is 0.102. The Morgan fingerprint density at radius 1 is 1.40 bits per heavy atom. The lowest BCUT2D eigenvalue weighted by atomic mass is 10.1. The summed E-state index contributed by atoms with van der Waals surface area (Å²) in [5, 5.41) is 7.61. The summed E-state index contributed by atoms with van der Waals surface area (Å²) in [6.45, 7) is 4.20. The monoisotopic (exact) mass is 273 g/mol. The molecule has 3 rings (SSSR count). The fourth-order valence-electron chi connectivity index (χ4n) is 2.40. The number of pyridine rings is 1. The first-order valence-electron chi connectivity index (χ1n) is 7.00. The van der Waals surface area contributed by atoms with Crippen LogP contribution < -0.4 is 5.32 Å². The average molecular weight is 273 g/mol. The van der Waals surface area contributed by atoms with Crippen molar-refractivity contribution in [2.24, 2.45) is 0 Å². The SMILES string of the molecule is CC(Cc1ccccn1)NCc1noc2c1COCC2. The second-order valence-corrected chi connectivity index (χ2v) is 5.14. The number of fused-ring (bicyclic) bond motifs is 1. The molecule has 2 aromatic rings. The lowest BCUT2D eigenvalue weighted by Gasteiger charge is -2.14. The summed E-state index contributed by atoms with van der Waals surface area (Å²) in [6, 6.07) is 6.33. The van der Waals surface area contributed by atoms with E-state index in [1.54, 1.807) is 0 Å². The van der Waals surface area contributed by atoms with Gasteiger partial charge in [0.25, 0.3) is 0 Å². The van der Waals surface area contributed by atoms with Gasteiger partial charge in [0.2, 0.25) is 0 Å². The molecule has 20 heavy (non-hydrogen) atoms. The van der Waals surface area contributed by atoms with E-state index in [1.165, 1.54) is 0 Å². The van der Waals surface area contributed by atoms with Gasteiger partial charge in [-0.2, -0.15) is 0 Å². The number of nitrogens with one attached hydrogen (secondary N) is 1. The Morgan fingerprint density at radius 3 is 3.20 bits per heavy atom. The molecule has 0 aliphatic carbocycles. The van der Waals surface area contributed by atoms with Crippen LogP contribution in [0.3, 0.4) is 0 Å². The van der Waals surface area contributed by atoms with Crippen molar-refractivity contribution in [3.63, 3.8) is 0 Å². The van der Waals surface area contributed by atoms with Crippen LogP contribution in [-0.4, -0.2) is 22.8 Å². The average Bonchev–Trinajstić information content (AvgIpc) is 2.89. The summed E-state index contributed by atoms with van der Waals surface area (Å²) in [7, 11) is 0. The maximum Gasteiger partial charge on any atom is 0.144 e. The third-order valence-electron chi connectivity index (χ3n) is 3.53. The number of aromatic nitrogens is 2. The van der Waals surface area contributed by atoms with Crippen LogP contribution in [-0.2, 0) is 30.7 Å². The van der Waals surface area contributed by atoms with Gasteiger partial charge in [0.15, 0.2) is 0 Å². The van der Waals surface area contributed by atoms with Crippen molar-refractivity contribution in [1.82, 2.24) is 15.5 Å². The Labute approximate surface area is 118 Å². The zero-order valence-corrected chi connectivity index (χ0v) is 11.6. The molecule has 3 heterocycles. The summed E-state index contributed by atoms with van der Waals surface area (Å²) in [5.41, 5.74) is 3.18. The third kappa shape index (κ3) is 3.05. The molecule has 0 bridgehead atoms. The van der Waals surface area contributed by atoms with Crippen LogP contribution in [0.4, 0.5) is 0 Å². The number of rotatable bonds is 5. The van der Waals surface area contributed by atoms with E-state index in [0.717, 1.165) is 42.2 Å². The Balaban J connectivity index is 1.55.